The maximum Gasteiger partial charge on any atom is 0.272 e. The molecule has 114 valence electrons. The molecule has 0 fully saturated rings. The molecule has 2 rings (SSSR count). The van der Waals surface area contributed by atoms with E-state index in [1.165, 1.54) is 5.56 Å². The molecule has 0 aliphatic carbocycles. The van der Waals surface area contributed by atoms with Crippen molar-refractivity contribution in [2.24, 2.45) is 5.10 Å². The van der Waals surface area contributed by atoms with Crippen LogP contribution in [-0.4, -0.2) is 12.1 Å². The maximum atomic E-state index is 11.9. The van der Waals surface area contributed by atoms with Crippen LogP contribution in [0.25, 0.3) is 0 Å². The van der Waals surface area contributed by atoms with Gasteiger partial charge in [0.25, 0.3) is 5.91 Å². The Hall–Kier alpha value is -2.13. The van der Waals surface area contributed by atoms with Gasteiger partial charge in [-0.05, 0) is 28.7 Å². The van der Waals surface area contributed by atoms with Crippen molar-refractivity contribution in [2.45, 2.75) is 26.2 Å². The minimum atomic E-state index is -0.326. The van der Waals surface area contributed by atoms with Gasteiger partial charge in [-0.25, -0.2) is 5.43 Å². The molecule has 0 heterocycles. The molecule has 22 heavy (non-hydrogen) atoms. The summed E-state index contributed by atoms with van der Waals surface area (Å²) >= 11 is 5.96. The summed E-state index contributed by atoms with van der Waals surface area (Å²) in [5, 5.41) is 4.37. The number of carbonyl (C=O) groups is 1. The van der Waals surface area contributed by atoms with E-state index in [2.05, 4.69) is 43.4 Å². The molecule has 2 aromatic carbocycles. The normalized spacial score (nSPS) is 11.6. The molecule has 0 bridgehead atoms. The predicted octanol–water partition coefficient (Wildman–Crippen LogP) is 4.40. The third-order valence-corrected chi connectivity index (χ3v) is 3.60. The first-order chi connectivity index (χ1) is 10.4. The highest BCUT2D eigenvalue weighted by Gasteiger charge is 2.12. The van der Waals surface area contributed by atoms with E-state index in [4.69, 9.17) is 11.6 Å². The van der Waals surface area contributed by atoms with Crippen molar-refractivity contribution in [1.29, 1.82) is 0 Å². The molecule has 1 N–H and O–H groups in total. The quantitative estimate of drug-likeness (QED) is 0.662. The van der Waals surface area contributed by atoms with Crippen molar-refractivity contribution < 1.29 is 4.79 Å². The zero-order valence-corrected chi connectivity index (χ0v) is 13.7. The van der Waals surface area contributed by atoms with Crippen molar-refractivity contribution in [2.75, 3.05) is 0 Å². The monoisotopic (exact) mass is 314 g/mol. The van der Waals surface area contributed by atoms with Crippen LogP contribution in [-0.2, 0) is 5.41 Å². The molecule has 3 nitrogen and oxygen atoms in total. The van der Waals surface area contributed by atoms with Crippen LogP contribution in [0.15, 0.2) is 53.6 Å². The molecule has 0 aromatic heterocycles. The molecule has 1 amide bonds. The Morgan fingerprint density at radius 2 is 1.73 bits per heavy atom. The van der Waals surface area contributed by atoms with E-state index in [1.54, 1.807) is 30.5 Å². The van der Waals surface area contributed by atoms with Crippen LogP contribution < -0.4 is 5.43 Å². The molecule has 0 spiro atoms. The Balaban J connectivity index is 2.01. The first-order valence-electron chi connectivity index (χ1n) is 7.06. The van der Waals surface area contributed by atoms with Crippen LogP contribution in [0, 0.1) is 0 Å². The molecule has 0 atom stereocenters. The molecule has 0 aliphatic rings. The Bertz CT molecular complexity index is 685. The number of carbonyl (C=O) groups excluding carboxylic acids is 1. The summed E-state index contributed by atoms with van der Waals surface area (Å²) in [6.45, 7) is 6.50. The van der Waals surface area contributed by atoms with E-state index >= 15 is 0 Å². The number of hydrogen-bond acceptors (Lipinski definition) is 2. The SMILES string of the molecule is CC(C)(C)c1ccc(C=NNC(=O)c2ccccc2Cl)cc1. The van der Waals surface area contributed by atoms with Gasteiger partial charge in [0.1, 0.15) is 0 Å². The summed E-state index contributed by atoms with van der Waals surface area (Å²) in [7, 11) is 0. The summed E-state index contributed by atoms with van der Waals surface area (Å²) in [4.78, 5) is 11.9. The van der Waals surface area contributed by atoms with Gasteiger partial charge in [0.2, 0.25) is 0 Å². The molecule has 0 unspecified atom stereocenters. The average Bonchev–Trinajstić information content (AvgIpc) is 2.47. The van der Waals surface area contributed by atoms with Gasteiger partial charge in [-0.15, -0.1) is 0 Å². The average molecular weight is 315 g/mol. The van der Waals surface area contributed by atoms with Crippen LogP contribution in [0.4, 0.5) is 0 Å². The van der Waals surface area contributed by atoms with Crippen LogP contribution >= 0.6 is 11.6 Å². The van der Waals surface area contributed by atoms with E-state index in [-0.39, 0.29) is 11.3 Å². The molecule has 0 aliphatic heterocycles. The van der Waals surface area contributed by atoms with Gasteiger partial charge in [0, 0.05) is 0 Å². The van der Waals surface area contributed by atoms with Crippen molar-refractivity contribution in [1.82, 2.24) is 5.43 Å². The minimum absolute atomic E-state index is 0.119. The van der Waals surface area contributed by atoms with Gasteiger partial charge >= 0.3 is 0 Å². The lowest BCUT2D eigenvalue weighted by Gasteiger charge is -2.18. The second-order valence-electron chi connectivity index (χ2n) is 6.05. The standard InChI is InChI=1S/C18H19ClN2O/c1-18(2,3)14-10-8-13(9-11-14)12-20-21-17(22)15-6-4-5-7-16(15)19/h4-12H,1-3H3,(H,21,22). The fourth-order valence-corrected chi connectivity index (χ4v) is 2.16. The smallest absolute Gasteiger partial charge is 0.267 e. The van der Waals surface area contributed by atoms with Crippen LogP contribution in [0.1, 0.15) is 42.3 Å². The number of hydrogen-bond donors (Lipinski definition) is 1. The first-order valence-corrected chi connectivity index (χ1v) is 7.44. The molecule has 2 aromatic rings. The topological polar surface area (TPSA) is 41.5 Å². The summed E-state index contributed by atoms with van der Waals surface area (Å²) < 4.78 is 0. The molecule has 0 saturated heterocycles. The molecule has 0 radical (unpaired) electrons. The first kappa shape index (κ1) is 16.2. The van der Waals surface area contributed by atoms with E-state index in [9.17, 15) is 4.79 Å². The van der Waals surface area contributed by atoms with E-state index in [1.807, 2.05) is 12.1 Å². The Labute approximate surface area is 136 Å². The van der Waals surface area contributed by atoms with Gasteiger partial charge in [-0.1, -0.05) is 68.8 Å². The van der Waals surface area contributed by atoms with Crippen LogP contribution in [0.2, 0.25) is 5.02 Å². The van der Waals surface area contributed by atoms with Crippen molar-refractivity contribution in [3.8, 4) is 0 Å². The number of nitrogens with one attached hydrogen (secondary N) is 1. The van der Waals surface area contributed by atoms with Crippen LogP contribution in [0.5, 0.6) is 0 Å². The number of hydrazone groups is 1. The second kappa shape index (κ2) is 6.75. The molecule has 4 heteroatoms. The van der Waals surface area contributed by atoms with Crippen molar-refractivity contribution >= 4 is 23.7 Å². The highest BCUT2D eigenvalue weighted by molar-refractivity contribution is 6.33. The number of halogens is 1. The largest absolute Gasteiger partial charge is 0.272 e. The Morgan fingerprint density at radius 1 is 1.09 bits per heavy atom. The zero-order chi connectivity index (χ0) is 16.2. The zero-order valence-electron chi connectivity index (χ0n) is 12.9. The lowest BCUT2D eigenvalue weighted by Crippen LogP contribution is -2.18. The van der Waals surface area contributed by atoms with Gasteiger partial charge in [0.15, 0.2) is 0 Å². The van der Waals surface area contributed by atoms with E-state index in [0.29, 0.717) is 10.6 Å². The van der Waals surface area contributed by atoms with Crippen molar-refractivity contribution in [3.05, 3.63) is 70.2 Å². The molecular formula is C18H19ClN2O. The third-order valence-electron chi connectivity index (χ3n) is 3.27. The second-order valence-corrected chi connectivity index (χ2v) is 6.46. The van der Waals surface area contributed by atoms with Gasteiger partial charge < -0.3 is 0 Å². The highest BCUT2D eigenvalue weighted by Crippen LogP contribution is 2.21. The number of rotatable bonds is 3. The number of benzene rings is 2. The molecular weight excluding hydrogens is 296 g/mol. The van der Waals surface area contributed by atoms with Gasteiger partial charge in [0.05, 0.1) is 16.8 Å². The summed E-state index contributed by atoms with van der Waals surface area (Å²) in [5.74, 6) is -0.326. The van der Waals surface area contributed by atoms with E-state index in [0.717, 1.165) is 5.56 Å². The van der Waals surface area contributed by atoms with Gasteiger partial charge in [-0.2, -0.15) is 5.10 Å². The van der Waals surface area contributed by atoms with Crippen molar-refractivity contribution in [3.63, 3.8) is 0 Å². The Kier molecular flexibility index (Phi) is 4.99. The van der Waals surface area contributed by atoms with E-state index < -0.39 is 0 Å². The lowest BCUT2D eigenvalue weighted by molar-refractivity contribution is 0.0955. The predicted molar refractivity (Wildman–Crippen MR) is 91.7 cm³/mol. The fourth-order valence-electron chi connectivity index (χ4n) is 1.94. The lowest BCUT2D eigenvalue weighted by atomic mass is 9.87. The number of amides is 1. The summed E-state index contributed by atoms with van der Waals surface area (Å²) in [6, 6.07) is 15.0. The third kappa shape index (κ3) is 4.18. The summed E-state index contributed by atoms with van der Waals surface area (Å²) in [6.07, 6.45) is 1.61. The Morgan fingerprint density at radius 3 is 2.32 bits per heavy atom. The fraction of sp³-hybridized carbons (Fsp3) is 0.222. The number of nitrogens with zero attached hydrogens (tertiary/aromatic N) is 1. The summed E-state index contributed by atoms with van der Waals surface area (Å²) in [5.41, 5.74) is 5.18. The minimum Gasteiger partial charge on any atom is -0.267 e. The molecule has 0 saturated carbocycles. The van der Waals surface area contributed by atoms with Gasteiger partial charge in [-0.3, -0.25) is 4.79 Å². The highest BCUT2D eigenvalue weighted by atomic mass is 35.5. The van der Waals surface area contributed by atoms with Crippen LogP contribution in [0.3, 0.4) is 0 Å². The maximum absolute atomic E-state index is 11.9.